The van der Waals surface area contributed by atoms with Crippen LogP contribution in [0.15, 0.2) is 24.3 Å². The fraction of sp³-hybridized carbons (Fsp3) is 0.538. The van der Waals surface area contributed by atoms with E-state index in [0.717, 1.165) is 13.2 Å². The second kappa shape index (κ2) is 5.17. The van der Waals surface area contributed by atoms with Crippen LogP contribution in [-0.2, 0) is 4.74 Å². The molecule has 1 heterocycles. The van der Waals surface area contributed by atoms with E-state index in [-0.39, 0.29) is 0 Å². The fourth-order valence-electron chi connectivity index (χ4n) is 1.87. The van der Waals surface area contributed by atoms with Crippen molar-refractivity contribution in [2.75, 3.05) is 18.5 Å². The topological polar surface area (TPSA) is 21.3 Å². The number of hydrogen-bond acceptors (Lipinski definition) is 2. The zero-order valence-corrected chi connectivity index (χ0v) is 9.33. The van der Waals surface area contributed by atoms with Gasteiger partial charge in [0, 0.05) is 18.8 Å². The molecule has 0 aliphatic carbocycles. The Hall–Kier alpha value is -1.02. The van der Waals surface area contributed by atoms with Gasteiger partial charge >= 0.3 is 0 Å². The maximum atomic E-state index is 5.66. The molecule has 0 saturated carbocycles. The highest BCUT2D eigenvalue weighted by molar-refractivity contribution is 5.44. The third kappa shape index (κ3) is 3.24. The Bertz CT molecular complexity index is 288. The van der Waals surface area contributed by atoms with Crippen molar-refractivity contribution >= 4 is 5.69 Å². The average Bonchev–Trinajstić information content (AvgIpc) is 2.30. The predicted octanol–water partition coefficient (Wildman–Crippen LogP) is 2.98. The maximum absolute atomic E-state index is 5.66. The molecular weight excluding hydrogens is 186 g/mol. The summed E-state index contributed by atoms with van der Waals surface area (Å²) < 4.78 is 5.66. The van der Waals surface area contributed by atoms with Crippen molar-refractivity contribution in [2.45, 2.75) is 32.3 Å². The van der Waals surface area contributed by atoms with Crippen molar-refractivity contribution in [3.05, 3.63) is 29.8 Å². The third-order valence-corrected chi connectivity index (χ3v) is 2.86. The Balaban J connectivity index is 1.79. The van der Waals surface area contributed by atoms with E-state index in [1.54, 1.807) is 0 Å². The Kier molecular flexibility index (Phi) is 3.62. The average molecular weight is 205 g/mol. The van der Waals surface area contributed by atoms with Crippen molar-refractivity contribution in [3.8, 4) is 0 Å². The first-order valence-electron chi connectivity index (χ1n) is 5.77. The molecule has 1 saturated heterocycles. The second-order valence-electron chi connectivity index (χ2n) is 4.24. The summed E-state index contributed by atoms with van der Waals surface area (Å²) in [4.78, 5) is 0. The molecule has 0 spiro atoms. The molecule has 1 aromatic rings. The van der Waals surface area contributed by atoms with E-state index in [9.17, 15) is 0 Å². The Morgan fingerprint density at radius 3 is 2.73 bits per heavy atom. The summed E-state index contributed by atoms with van der Waals surface area (Å²) in [6.07, 6.45) is 4.13. The molecule has 1 aliphatic rings. The van der Waals surface area contributed by atoms with Crippen LogP contribution in [0, 0.1) is 6.92 Å². The number of hydrogen-bond donors (Lipinski definition) is 1. The molecule has 0 bridgehead atoms. The number of aryl methyl sites for hydroxylation is 1. The van der Waals surface area contributed by atoms with E-state index in [1.807, 2.05) is 0 Å². The number of nitrogens with one attached hydrogen (secondary N) is 1. The molecule has 0 amide bonds. The smallest absolute Gasteiger partial charge is 0.0747 e. The highest BCUT2D eigenvalue weighted by atomic mass is 16.5. The normalized spacial score (nSPS) is 21.3. The molecule has 1 aromatic carbocycles. The molecular formula is C13H19NO. The molecule has 15 heavy (non-hydrogen) atoms. The Labute approximate surface area is 91.6 Å². The second-order valence-corrected chi connectivity index (χ2v) is 4.24. The van der Waals surface area contributed by atoms with Crippen molar-refractivity contribution < 1.29 is 4.74 Å². The van der Waals surface area contributed by atoms with E-state index < -0.39 is 0 Å². The van der Waals surface area contributed by atoms with Gasteiger partial charge in [0.2, 0.25) is 0 Å². The Morgan fingerprint density at radius 2 is 2.07 bits per heavy atom. The lowest BCUT2D eigenvalue weighted by molar-refractivity contribution is 0.0247. The molecule has 1 fully saturated rings. The van der Waals surface area contributed by atoms with E-state index in [0.29, 0.717) is 6.10 Å². The van der Waals surface area contributed by atoms with Gasteiger partial charge in [-0.15, -0.1) is 0 Å². The number of benzene rings is 1. The molecule has 1 aliphatic heterocycles. The van der Waals surface area contributed by atoms with E-state index >= 15 is 0 Å². The molecule has 2 heteroatoms. The predicted molar refractivity (Wildman–Crippen MR) is 63.3 cm³/mol. The molecule has 0 aromatic heterocycles. The molecule has 2 nitrogen and oxygen atoms in total. The van der Waals surface area contributed by atoms with Crippen molar-refractivity contribution in [1.29, 1.82) is 0 Å². The van der Waals surface area contributed by atoms with Gasteiger partial charge in [0.1, 0.15) is 0 Å². The lowest BCUT2D eigenvalue weighted by Crippen LogP contribution is -2.26. The van der Waals surface area contributed by atoms with Crippen LogP contribution in [0.3, 0.4) is 0 Å². The summed E-state index contributed by atoms with van der Waals surface area (Å²) in [5.41, 5.74) is 2.49. The summed E-state index contributed by atoms with van der Waals surface area (Å²) >= 11 is 0. The van der Waals surface area contributed by atoms with Gasteiger partial charge in [0.15, 0.2) is 0 Å². The van der Waals surface area contributed by atoms with Crippen LogP contribution in [0.4, 0.5) is 5.69 Å². The highest BCUT2D eigenvalue weighted by Gasteiger charge is 2.12. The summed E-state index contributed by atoms with van der Waals surface area (Å²) in [5, 5.41) is 3.42. The van der Waals surface area contributed by atoms with Gasteiger partial charge < -0.3 is 10.1 Å². The third-order valence-electron chi connectivity index (χ3n) is 2.86. The van der Waals surface area contributed by atoms with Crippen molar-refractivity contribution in [3.63, 3.8) is 0 Å². The lowest BCUT2D eigenvalue weighted by atomic mass is 10.1. The van der Waals surface area contributed by atoms with Crippen LogP contribution in [0.25, 0.3) is 0 Å². The quantitative estimate of drug-likeness (QED) is 0.819. The monoisotopic (exact) mass is 205 g/mol. The fourth-order valence-corrected chi connectivity index (χ4v) is 1.87. The largest absolute Gasteiger partial charge is 0.382 e. The van der Waals surface area contributed by atoms with E-state index in [2.05, 4.69) is 36.5 Å². The number of rotatable bonds is 3. The van der Waals surface area contributed by atoms with Crippen LogP contribution in [-0.4, -0.2) is 19.3 Å². The van der Waals surface area contributed by atoms with Crippen LogP contribution >= 0.6 is 0 Å². The van der Waals surface area contributed by atoms with Gasteiger partial charge in [0.25, 0.3) is 0 Å². The molecule has 0 radical (unpaired) electrons. The molecule has 82 valence electrons. The minimum atomic E-state index is 0.403. The minimum Gasteiger partial charge on any atom is -0.382 e. The van der Waals surface area contributed by atoms with Crippen LogP contribution < -0.4 is 5.32 Å². The SMILES string of the molecule is Cc1ccc(NCC2CCCCO2)cc1. The molecule has 2 rings (SSSR count). The van der Waals surface area contributed by atoms with Gasteiger partial charge in [-0.25, -0.2) is 0 Å². The first-order chi connectivity index (χ1) is 7.34. The molecule has 1 unspecified atom stereocenters. The number of ether oxygens (including phenoxy) is 1. The minimum absolute atomic E-state index is 0.403. The van der Waals surface area contributed by atoms with Crippen LogP contribution in [0.2, 0.25) is 0 Å². The van der Waals surface area contributed by atoms with E-state index in [4.69, 9.17) is 4.74 Å². The van der Waals surface area contributed by atoms with E-state index in [1.165, 1.54) is 30.5 Å². The Morgan fingerprint density at radius 1 is 1.27 bits per heavy atom. The summed E-state index contributed by atoms with van der Waals surface area (Å²) in [6.45, 7) is 3.97. The van der Waals surface area contributed by atoms with Gasteiger partial charge in [-0.2, -0.15) is 0 Å². The zero-order valence-electron chi connectivity index (χ0n) is 9.33. The van der Waals surface area contributed by atoms with Crippen LogP contribution in [0.5, 0.6) is 0 Å². The number of anilines is 1. The highest BCUT2D eigenvalue weighted by Crippen LogP contribution is 2.14. The summed E-state index contributed by atoms with van der Waals surface area (Å²) in [6, 6.07) is 8.50. The zero-order chi connectivity index (χ0) is 10.5. The van der Waals surface area contributed by atoms with Crippen molar-refractivity contribution in [1.82, 2.24) is 0 Å². The summed E-state index contributed by atoms with van der Waals surface area (Å²) in [5.74, 6) is 0. The lowest BCUT2D eigenvalue weighted by Gasteiger charge is -2.23. The van der Waals surface area contributed by atoms with Gasteiger partial charge in [0.05, 0.1) is 6.10 Å². The summed E-state index contributed by atoms with van der Waals surface area (Å²) in [7, 11) is 0. The maximum Gasteiger partial charge on any atom is 0.0747 e. The molecule has 1 atom stereocenters. The first kappa shape index (κ1) is 10.5. The van der Waals surface area contributed by atoms with Gasteiger partial charge in [-0.1, -0.05) is 17.7 Å². The van der Waals surface area contributed by atoms with Gasteiger partial charge in [-0.05, 0) is 38.3 Å². The van der Waals surface area contributed by atoms with Crippen LogP contribution in [0.1, 0.15) is 24.8 Å². The van der Waals surface area contributed by atoms with Crippen molar-refractivity contribution in [2.24, 2.45) is 0 Å². The standard InChI is InChI=1S/C13H19NO/c1-11-5-7-12(8-6-11)14-10-13-4-2-3-9-15-13/h5-8,13-14H,2-4,9-10H2,1H3. The van der Waals surface area contributed by atoms with Gasteiger partial charge in [-0.3, -0.25) is 0 Å². The molecule has 1 N–H and O–H groups in total. The first-order valence-corrected chi connectivity index (χ1v) is 5.77.